The Kier molecular flexibility index (Phi) is 1.08. The molecule has 1 saturated heterocycles. The molecule has 0 spiro atoms. The summed E-state index contributed by atoms with van der Waals surface area (Å²) in [4.78, 5) is 2.44. The SMILES string of the molecule is CN1CC2CC1CC2N. The van der Waals surface area contributed by atoms with Crippen molar-refractivity contribution in [2.45, 2.75) is 24.9 Å². The molecule has 0 aromatic carbocycles. The lowest BCUT2D eigenvalue weighted by atomic mass is 10.1. The highest BCUT2D eigenvalue weighted by molar-refractivity contribution is 4.97. The van der Waals surface area contributed by atoms with Crippen LogP contribution in [0.2, 0.25) is 0 Å². The van der Waals surface area contributed by atoms with E-state index < -0.39 is 0 Å². The topological polar surface area (TPSA) is 29.3 Å². The van der Waals surface area contributed by atoms with E-state index in [0.717, 1.165) is 12.0 Å². The molecule has 2 N–H and O–H groups in total. The van der Waals surface area contributed by atoms with Gasteiger partial charge in [-0.25, -0.2) is 0 Å². The summed E-state index contributed by atoms with van der Waals surface area (Å²) in [6, 6.07) is 1.34. The van der Waals surface area contributed by atoms with Crippen molar-refractivity contribution in [1.29, 1.82) is 0 Å². The van der Waals surface area contributed by atoms with Crippen LogP contribution in [0.4, 0.5) is 0 Å². The fourth-order valence-electron chi connectivity index (χ4n) is 2.22. The molecule has 0 aromatic rings. The molecule has 52 valence electrons. The summed E-state index contributed by atoms with van der Waals surface area (Å²) in [5, 5.41) is 0. The number of rotatable bonds is 0. The third kappa shape index (κ3) is 0.700. The summed E-state index contributed by atoms with van der Waals surface area (Å²) in [6.45, 7) is 1.24. The van der Waals surface area contributed by atoms with Crippen LogP contribution in [0.15, 0.2) is 0 Å². The molecule has 2 fully saturated rings. The van der Waals surface area contributed by atoms with Gasteiger partial charge in [0.15, 0.2) is 0 Å². The van der Waals surface area contributed by atoms with Crippen LogP contribution in [0.25, 0.3) is 0 Å². The average molecular weight is 126 g/mol. The fraction of sp³-hybridized carbons (Fsp3) is 1.00. The minimum absolute atomic E-state index is 0.520. The van der Waals surface area contributed by atoms with E-state index in [2.05, 4.69) is 11.9 Å². The van der Waals surface area contributed by atoms with E-state index in [0.29, 0.717) is 6.04 Å². The predicted molar refractivity (Wildman–Crippen MR) is 37.1 cm³/mol. The van der Waals surface area contributed by atoms with E-state index in [1.165, 1.54) is 19.4 Å². The summed E-state index contributed by atoms with van der Waals surface area (Å²) in [5.74, 6) is 0.819. The number of nitrogens with zero attached hydrogens (tertiary/aromatic N) is 1. The van der Waals surface area contributed by atoms with Crippen molar-refractivity contribution in [2.24, 2.45) is 11.7 Å². The number of fused-ring (bicyclic) bond motifs is 2. The first-order valence-corrected chi connectivity index (χ1v) is 3.73. The summed E-state index contributed by atoms with van der Waals surface area (Å²) in [7, 11) is 2.20. The molecule has 2 heteroatoms. The zero-order valence-corrected chi connectivity index (χ0v) is 5.88. The molecule has 1 aliphatic heterocycles. The van der Waals surface area contributed by atoms with Gasteiger partial charge < -0.3 is 10.6 Å². The van der Waals surface area contributed by atoms with Crippen molar-refractivity contribution < 1.29 is 0 Å². The highest BCUT2D eigenvalue weighted by Gasteiger charge is 2.40. The van der Waals surface area contributed by atoms with Crippen molar-refractivity contribution in [3.8, 4) is 0 Å². The lowest BCUT2D eigenvalue weighted by Gasteiger charge is -2.25. The molecule has 0 aromatic heterocycles. The third-order valence-electron chi connectivity index (χ3n) is 2.87. The number of hydrogen-bond donors (Lipinski definition) is 1. The van der Waals surface area contributed by atoms with Crippen LogP contribution in [0.5, 0.6) is 0 Å². The van der Waals surface area contributed by atoms with Gasteiger partial charge in [-0.3, -0.25) is 0 Å². The molecular weight excluding hydrogens is 112 g/mol. The zero-order valence-electron chi connectivity index (χ0n) is 5.88. The van der Waals surface area contributed by atoms with Gasteiger partial charge in [-0.2, -0.15) is 0 Å². The maximum absolute atomic E-state index is 5.86. The smallest absolute Gasteiger partial charge is 0.0111 e. The summed E-state index contributed by atoms with van der Waals surface area (Å²) in [5.41, 5.74) is 5.86. The zero-order chi connectivity index (χ0) is 6.43. The Bertz CT molecular complexity index is 106. The molecule has 2 bridgehead atoms. The van der Waals surface area contributed by atoms with Gasteiger partial charge in [-0.1, -0.05) is 0 Å². The van der Waals surface area contributed by atoms with Gasteiger partial charge in [0.1, 0.15) is 0 Å². The Morgan fingerprint density at radius 1 is 1.44 bits per heavy atom. The third-order valence-corrected chi connectivity index (χ3v) is 2.87. The summed E-state index contributed by atoms with van der Waals surface area (Å²) in [6.07, 6.45) is 2.60. The average Bonchev–Trinajstić information content (AvgIpc) is 2.24. The number of nitrogens with two attached hydrogens (primary N) is 1. The van der Waals surface area contributed by atoms with Crippen LogP contribution in [-0.2, 0) is 0 Å². The van der Waals surface area contributed by atoms with Crippen molar-refractivity contribution in [2.75, 3.05) is 13.6 Å². The van der Waals surface area contributed by atoms with Crippen LogP contribution < -0.4 is 5.73 Å². The lowest BCUT2D eigenvalue weighted by molar-refractivity contribution is 0.243. The van der Waals surface area contributed by atoms with Crippen molar-refractivity contribution >= 4 is 0 Å². The molecule has 2 rings (SSSR count). The molecule has 3 atom stereocenters. The molecule has 1 saturated carbocycles. The molecule has 2 nitrogen and oxygen atoms in total. The highest BCUT2D eigenvalue weighted by atomic mass is 15.2. The predicted octanol–water partition coefficient (Wildman–Crippen LogP) is 0.0377. The van der Waals surface area contributed by atoms with E-state index in [1.807, 2.05) is 0 Å². The van der Waals surface area contributed by atoms with Gasteiger partial charge in [0.25, 0.3) is 0 Å². The normalized spacial score (nSPS) is 50.7. The van der Waals surface area contributed by atoms with Crippen LogP contribution >= 0.6 is 0 Å². The van der Waals surface area contributed by atoms with Gasteiger partial charge in [0.05, 0.1) is 0 Å². The summed E-state index contributed by atoms with van der Waals surface area (Å²) < 4.78 is 0. The van der Waals surface area contributed by atoms with Crippen LogP contribution in [0.1, 0.15) is 12.8 Å². The van der Waals surface area contributed by atoms with E-state index in [4.69, 9.17) is 5.73 Å². The van der Waals surface area contributed by atoms with E-state index >= 15 is 0 Å². The van der Waals surface area contributed by atoms with Crippen LogP contribution in [0, 0.1) is 5.92 Å². The first-order valence-electron chi connectivity index (χ1n) is 3.73. The summed E-state index contributed by atoms with van der Waals surface area (Å²) >= 11 is 0. The van der Waals surface area contributed by atoms with Gasteiger partial charge in [0.2, 0.25) is 0 Å². The minimum Gasteiger partial charge on any atom is -0.327 e. The molecule has 1 heterocycles. The molecule has 0 radical (unpaired) electrons. The standard InChI is InChI=1S/C7H14N2/c1-9-4-5-2-6(9)3-7(5)8/h5-7H,2-4,8H2,1H3. The van der Waals surface area contributed by atoms with Gasteiger partial charge in [-0.05, 0) is 25.8 Å². The molecule has 1 aliphatic carbocycles. The Morgan fingerprint density at radius 2 is 2.22 bits per heavy atom. The highest BCUT2D eigenvalue weighted by Crippen LogP contribution is 2.35. The maximum Gasteiger partial charge on any atom is 0.0111 e. The number of piperidine rings is 1. The first-order chi connectivity index (χ1) is 4.27. The Balaban J connectivity index is 2.10. The second-order valence-corrected chi connectivity index (χ2v) is 3.49. The monoisotopic (exact) mass is 126 g/mol. The van der Waals surface area contributed by atoms with Crippen molar-refractivity contribution in [1.82, 2.24) is 4.90 Å². The molecular formula is C7H14N2. The first kappa shape index (κ1) is 5.69. The van der Waals surface area contributed by atoms with Crippen molar-refractivity contribution in [3.63, 3.8) is 0 Å². The Morgan fingerprint density at radius 3 is 2.56 bits per heavy atom. The van der Waals surface area contributed by atoms with Gasteiger partial charge in [0, 0.05) is 18.6 Å². The number of likely N-dealkylation sites (tertiary alicyclic amines) is 1. The quantitative estimate of drug-likeness (QED) is 0.496. The Labute approximate surface area is 56.0 Å². The minimum atomic E-state index is 0.520. The van der Waals surface area contributed by atoms with Crippen LogP contribution in [0.3, 0.4) is 0 Å². The molecule has 0 amide bonds. The molecule has 2 aliphatic rings. The van der Waals surface area contributed by atoms with E-state index in [-0.39, 0.29) is 0 Å². The van der Waals surface area contributed by atoms with Gasteiger partial charge in [-0.15, -0.1) is 0 Å². The fourth-order valence-corrected chi connectivity index (χ4v) is 2.22. The Hall–Kier alpha value is -0.0800. The number of hydrogen-bond acceptors (Lipinski definition) is 2. The largest absolute Gasteiger partial charge is 0.327 e. The van der Waals surface area contributed by atoms with E-state index in [1.54, 1.807) is 0 Å². The van der Waals surface area contributed by atoms with E-state index in [9.17, 15) is 0 Å². The maximum atomic E-state index is 5.86. The second-order valence-electron chi connectivity index (χ2n) is 3.49. The molecule has 3 unspecified atom stereocenters. The molecule has 9 heavy (non-hydrogen) atoms. The van der Waals surface area contributed by atoms with Gasteiger partial charge >= 0.3 is 0 Å². The second kappa shape index (κ2) is 1.70. The van der Waals surface area contributed by atoms with Crippen molar-refractivity contribution in [3.05, 3.63) is 0 Å². The van der Waals surface area contributed by atoms with Crippen LogP contribution in [-0.4, -0.2) is 30.6 Å². The lowest BCUT2D eigenvalue weighted by Crippen LogP contribution is -2.38.